The number of nitrogens with one attached hydrogen (secondary N) is 2. The van der Waals surface area contributed by atoms with Crippen molar-refractivity contribution < 1.29 is 27.1 Å². The number of ether oxygens (including phenoxy) is 2. The molecule has 2 atom stereocenters. The summed E-state index contributed by atoms with van der Waals surface area (Å²) in [5.74, 6) is 0.553. The van der Waals surface area contributed by atoms with Crippen LogP contribution in [0.4, 0.5) is 10.2 Å². The van der Waals surface area contributed by atoms with Gasteiger partial charge in [-0.05, 0) is 84.7 Å². The van der Waals surface area contributed by atoms with Crippen LogP contribution in [0, 0.1) is 11.2 Å². The molecule has 2 aromatic rings. The molecule has 0 radical (unpaired) electrons. The molecule has 0 saturated carbocycles. The molecule has 1 spiro atoms. The molecule has 45 heavy (non-hydrogen) atoms. The number of nitrogens with zero attached hydrogens (tertiary/aromatic N) is 5. The smallest absolute Gasteiger partial charge is 0.276 e. The van der Waals surface area contributed by atoms with Crippen molar-refractivity contribution in [1.82, 2.24) is 29.2 Å². The van der Waals surface area contributed by atoms with Crippen molar-refractivity contribution in [3.05, 3.63) is 42.1 Å². The Morgan fingerprint density at radius 2 is 1.87 bits per heavy atom. The van der Waals surface area contributed by atoms with Gasteiger partial charge in [0.25, 0.3) is 16.1 Å². The van der Waals surface area contributed by atoms with Crippen LogP contribution in [0.1, 0.15) is 63.7 Å². The lowest BCUT2D eigenvalue weighted by molar-refractivity contribution is -0.0299. The Morgan fingerprint density at radius 3 is 2.49 bits per heavy atom. The third-order valence-corrected chi connectivity index (χ3v) is 10.3. The third kappa shape index (κ3) is 7.91. The van der Waals surface area contributed by atoms with Gasteiger partial charge < -0.3 is 24.2 Å². The lowest BCUT2D eigenvalue weighted by Crippen LogP contribution is -2.61. The van der Waals surface area contributed by atoms with Gasteiger partial charge in [-0.1, -0.05) is 0 Å². The maximum atomic E-state index is 14.3. The van der Waals surface area contributed by atoms with Crippen molar-refractivity contribution in [2.45, 2.75) is 77.6 Å². The van der Waals surface area contributed by atoms with Gasteiger partial charge in [-0.2, -0.15) is 13.1 Å². The highest BCUT2D eigenvalue weighted by atomic mass is 32.2. The van der Waals surface area contributed by atoms with Gasteiger partial charge in [0.15, 0.2) is 11.6 Å². The Kier molecular flexibility index (Phi) is 10.3. The maximum absolute atomic E-state index is 14.3. The van der Waals surface area contributed by atoms with E-state index in [1.807, 2.05) is 27.7 Å². The van der Waals surface area contributed by atoms with E-state index in [4.69, 9.17) is 9.47 Å². The van der Waals surface area contributed by atoms with E-state index in [-0.39, 0.29) is 46.9 Å². The standard InChI is InChI=1S/C31H46FN7O5S/c1-21(2)39(22(3)4)30(40)26-14-23(32)6-9-27(26)44-28-15-34-20-35-29(28)38-18-31(19-38)10-12-37(13-11-31)16-25-8-7-24(17-43-25)36-45(41,42)33-5/h6,9,14-15,20-22,24-25,33,36H,7-8,10-13,16-19H2,1-5H3/t24-,25+/m1/s1. The Morgan fingerprint density at radius 1 is 1.16 bits per heavy atom. The van der Waals surface area contributed by atoms with E-state index in [1.165, 1.54) is 31.6 Å². The summed E-state index contributed by atoms with van der Waals surface area (Å²) in [7, 11) is -2.08. The van der Waals surface area contributed by atoms with Crippen LogP contribution in [0.15, 0.2) is 30.7 Å². The minimum atomic E-state index is -3.47. The predicted octanol–water partition coefficient (Wildman–Crippen LogP) is 3.17. The summed E-state index contributed by atoms with van der Waals surface area (Å²) >= 11 is 0. The SMILES string of the molecule is CNS(=O)(=O)N[C@@H]1CC[C@@H](CN2CCC3(CC2)CN(c2ncncc2Oc2ccc(F)cc2C(=O)N(C(C)C)C(C)C)C3)OC1. The molecule has 14 heteroatoms. The van der Waals surface area contributed by atoms with Crippen LogP contribution in [-0.2, 0) is 14.9 Å². The molecule has 4 heterocycles. The number of piperidine rings is 1. The average molecular weight is 648 g/mol. The van der Waals surface area contributed by atoms with E-state index in [0.717, 1.165) is 58.4 Å². The van der Waals surface area contributed by atoms with Gasteiger partial charge in [0.05, 0.1) is 24.5 Å². The molecular weight excluding hydrogens is 601 g/mol. The number of likely N-dealkylation sites (tertiary alicyclic amines) is 1. The predicted molar refractivity (Wildman–Crippen MR) is 169 cm³/mol. The third-order valence-electron chi connectivity index (χ3n) is 9.09. The second-order valence-corrected chi connectivity index (χ2v) is 14.7. The molecule has 3 saturated heterocycles. The van der Waals surface area contributed by atoms with E-state index >= 15 is 0 Å². The molecule has 248 valence electrons. The number of halogens is 1. The van der Waals surface area contributed by atoms with E-state index in [2.05, 4.69) is 29.2 Å². The van der Waals surface area contributed by atoms with Crippen molar-refractivity contribution in [2.24, 2.45) is 5.41 Å². The molecule has 3 fully saturated rings. The van der Waals surface area contributed by atoms with Crippen LogP contribution in [-0.4, -0.2) is 105 Å². The topological polar surface area (TPSA) is 129 Å². The van der Waals surface area contributed by atoms with Crippen molar-refractivity contribution in [2.75, 3.05) is 51.3 Å². The fourth-order valence-electron chi connectivity index (χ4n) is 6.75. The lowest BCUT2D eigenvalue weighted by atomic mass is 9.72. The first kappa shape index (κ1) is 33.5. The van der Waals surface area contributed by atoms with E-state index in [0.29, 0.717) is 18.2 Å². The highest BCUT2D eigenvalue weighted by Gasteiger charge is 2.46. The first-order chi connectivity index (χ1) is 21.4. The molecule has 5 rings (SSSR count). The summed E-state index contributed by atoms with van der Waals surface area (Å²) < 4.78 is 55.0. The molecule has 0 bridgehead atoms. The first-order valence-electron chi connectivity index (χ1n) is 15.8. The van der Waals surface area contributed by atoms with Crippen molar-refractivity contribution in [1.29, 1.82) is 0 Å². The van der Waals surface area contributed by atoms with Crippen molar-refractivity contribution >= 4 is 21.9 Å². The number of carbonyl (C=O) groups excluding carboxylic acids is 1. The van der Waals surface area contributed by atoms with E-state index in [9.17, 15) is 17.6 Å². The summed E-state index contributed by atoms with van der Waals surface area (Å²) in [5, 5.41) is 0. The minimum absolute atomic E-state index is 0.0674. The zero-order valence-corrected chi connectivity index (χ0v) is 27.6. The number of anilines is 1. The van der Waals surface area contributed by atoms with Gasteiger partial charge >= 0.3 is 0 Å². The summed E-state index contributed by atoms with van der Waals surface area (Å²) in [6.45, 7) is 12.6. The molecule has 2 N–H and O–H groups in total. The number of amides is 1. The van der Waals surface area contributed by atoms with E-state index < -0.39 is 16.0 Å². The van der Waals surface area contributed by atoms with Gasteiger partial charge in [0.1, 0.15) is 17.9 Å². The van der Waals surface area contributed by atoms with Gasteiger partial charge in [0, 0.05) is 50.2 Å². The van der Waals surface area contributed by atoms with Crippen molar-refractivity contribution in [3.8, 4) is 11.5 Å². The van der Waals surface area contributed by atoms with Gasteiger partial charge in [-0.25, -0.2) is 19.1 Å². The number of rotatable bonds is 11. The highest BCUT2D eigenvalue weighted by Crippen LogP contribution is 2.45. The van der Waals surface area contributed by atoms with Crippen LogP contribution in [0.3, 0.4) is 0 Å². The number of benzene rings is 1. The van der Waals surface area contributed by atoms with Gasteiger partial charge in [-0.3, -0.25) is 4.79 Å². The maximum Gasteiger partial charge on any atom is 0.276 e. The number of aromatic nitrogens is 2. The largest absolute Gasteiger partial charge is 0.451 e. The van der Waals surface area contributed by atoms with Crippen LogP contribution < -0.4 is 19.1 Å². The van der Waals surface area contributed by atoms with Crippen LogP contribution in [0.5, 0.6) is 11.5 Å². The molecule has 1 aromatic heterocycles. The summed E-state index contributed by atoms with van der Waals surface area (Å²) in [5.41, 5.74) is 0.353. The molecule has 12 nitrogen and oxygen atoms in total. The van der Waals surface area contributed by atoms with Gasteiger partial charge in [0.2, 0.25) is 0 Å². The number of hydrogen-bond donors (Lipinski definition) is 2. The van der Waals surface area contributed by atoms with Gasteiger partial charge in [-0.15, -0.1) is 0 Å². The summed E-state index contributed by atoms with van der Waals surface area (Å²) in [6.07, 6.45) is 6.86. The Hall–Kier alpha value is -2.91. The zero-order chi connectivity index (χ0) is 32.4. The fourth-order valence-corrected chi connectivity index (χ4v) is 7.49. The fraction of sp³-hybridized carbons (Fsp3) is 0.645. The highest BCUT2D eigenvalue weighted by molar-refractivity contribution is 7.87. The molecular formula is C31H46FN7O5S. The molecule has 3 aliphatic rings. The second-order valence-electron chi connectivity index (χ2n) is 13.1. The molecule has 0 aliphatic carbocycles. The summed E-state index contributed by atoms with van der Waals surface area (Å²) in [4.78, 5) is 28.6. The first-order valence-corrected chi connectivity index (χ1v) is 17.3. The molecule has 1 aromatic carbocycles. The summed E-state index contributed by atoms with van der Waals surface area (Å²) in [6, 6.07) is 3.67. The lowest BCUT2D eigenvalue weighted by Gasteiger charge is -2.54. The van der Waals surface area contributed by atoms with Crippen LogP contribution in [0.2, 0.25) is 0 Å². The average Bonchev–Trinajstić information content (AvgIpc) is 2.98. The van der Waals surface area contributed by atoms with Crippen LogP contribution in [0.25, 0.3) is 0 Å². The van der Waals surface area contributed by atoms with Crippen molar-refractivity contribution in [3.63, 3.8) is 0 Å². The van der Waals surface area contributed by atoms with E-state index in [1.54, 1.807) is 11.1 Å². The minimum Gasteiger partial charge on any atom is -0.451 e. The Balaban J connectivity index is 1.17. The molecule has 0 unspecified atom stereocenters. The Bertz CT molecular complexity index is 1430. The monoisotopic (exact) mass is 647 g/mol. The quantitative estimate of drug-likeness (QED) is 0.378. The number of hydrogen-bond acceptors (Lipinski definition) is 9. The molecule has 1 amide bonds. The molecule has 3 aliphatic heterocycles. The van der Waals surface area contributed by atoms with Crippen LogP contribution >= 0.6 is 0 Å². The second kappa shape index (κ2) is 13.8. The normalized spacial score (nSPS) is 22.1. The number of carbonyl (C=O) groups is 1. The zero-order valence-electron chi connectivity index (χ0n) is 26.8. The Labute approximate surface area is 265 Å².